The lowest BCUT2D eigenvalue weighted by Crippen LogP contribution is -2.22. The van der Waals surface area contributed by atoms with Gasteiger partial charge in [-0.3, -0.25) is 9.67 Å². The quantitative estimate of drug-likeness (QED) is 0.428. The molecule has 0 amide bonds. The predicted molar refractivity (Wildman–Crippen MR) is 108 cm³/mol. The van der Waals surface area contributed by atoms with Gasteiger partial charge in [0.2, 0.25) is 5.95 Å². The van der Waals surface area contributed by atoms with Crippen LogP contribution in [-0.4, -0.2) is 49.6 Å². The first kappa shape index (κ1) is 19.6. The van der Waals surface area contributed by atoms with Crippen molar-refractivity contribution in [2.75, 3.05) is 30.5 Å². The third-order valence-corrected chi connectivity index (χ3v) is 4.43. The summed E-state index contributed by atoms with van der Waals surface area (Å²) in [6.07, 6.45) is 5.71. The van der Waals surface area contributed by atoms with Gasteiger partial charge in [-0.1, -0.05) is 13.3 Å². The second-order valence-corrected chi connectivity index (χ2v) is 6.53. The average Bonchev–Trinajstić information content (AvgIpc) is 3.06. The van der Waals surface area contributed by atoms with Gasteiger partial charge in [-0.25, -0.2) is 4.98 Å². The van der Waals surface area contributed by atoms with Crippen molar-refractivity contribution in [3.05, 3.63) is 24.2 Å². The van der Waals surface area contributed by atoms with Gasteiger partial charge in [-0.2, -0.15) is 10.1 Å². The smallest absolute Gasteiger partial charge is 0.222 e. The number of methoxy groups -OCH3 is 1. The van der Waals surface area contributed by atoms with Gasteiger partial charge in [0.1, 0.15) is 22.5 Å². The topological polar surface area (TPSA) is 150 Å². The molecule has 3 rings (SSSR count). The Balaban J connectivity index is 2.00. The van der Waals surface area contributed by atoms with E-state index in [4.69, 9.17) is 16.2 Å². The van der Waals surface area contributed by atoms with Crippen molar-refractivity contribution in [1.29, 1.82) is 0 Å². The molecule has 1 unspecified atom stereocenters. The maximum Gasteiger partial charge on any atom is 0.222 e. The number of ether oxygens (including phenoxy) is 1. The summed E-state index contributed by atoms with van der Waals surface area (Å²) < 4.78 is 7.14. The van der Waals surface area contributed by atoms with Gasteiger partial charge in [-0.05, 0) is 12.8 Å². The van der Waals surface area contributed by atoms with Crippen LogP contribution in [0.15, 0.2) is 18.5 Å². The number of aliphatic hydroxyl groups excluding tert-OH is 1. The molecule has 6 N–H and O–H groups in total. The monoisotopic (exact) mass is 386 g/mol. The average molecular weight is 386 g/mol. The van der Waals surface area contributed by atoms with Crippen LogP contribution in [0.3, 0.4) is 0 Å². The van der Waals surface area contributed by atoms with Crippen LogP contribution in [0.4, 0.5) is 17.5 Å². The van der Waals surface area contributed by atoms with Gasteiger partial charge in [0.05, 0.1) is 31.7 Å². The van der Waals surface area contributed by atoms with Gasteiger partial charge in [-0.15, -0.1) is 0 Å². The van der Waals surface area contributed by atoms with Crippen LogP contribution in [-0.2, 0) is 6.54 Å². The Morgan fingerprint density at radius 2 is 2.07 bits per heavy atom. The molecule has 0 aromatic carbocycles. The molecular weight excluding hydrogens is 360 g/mol. The van der Waals surface area contributed by atoms with E-state index < -0.39 is 0 Å². The fourth-order valence-corrected chi connectivity index (χ4v) is 3.15. The van der Waals surface area contributed by atoms with E-state index >= 15 is 0 Å². The summed E-state index contributed by atoms with van der Waals surface area (Å²) in [7, 11) is 1.57. The normalized spacial score (nSPS) is 12.2. The SMILES string of the molecule is CCCC(CCO)Nc1nc(N)nc2cnn(Cc3ncc(N)cc3OC)c12. The lowest BCUT2D eigenvalue weighted by Gasteiger charge is -2.19. The number of aromatic nitrogens is 5. The third-order valence-electron chi connectivity index (χ3n) is 4.43. The van der Waals surface area contributed by atoms with E-state index in [2.05, 4.69) is 32.3 Å². The molecule has 28 heavy (non-hydrogen) atoms. The zero-order chi connectivity index (χ0) is 20.1. The highest BCUT2D eigenvalue weighted by Crippen LogP contribution is 2.26. The van der Waals surface area contributed by atoms with Crippen molar-refractivity contribution in [2.24, 2.45) is 0 Å². The fraction of sp³-hybridized carbons (Fsp3) is 0.444. The molecule has 0 radical (unpaired) electrons. The van der Waals surface area contributed by atoms with E-state index in [1.807, 2.05) is 0 Å². The summed E-state index contributed by atoms with van der Waals surface area (Å²) in [5.74, 6) is 1.33. The fourth-order valence-electron chi connectivity index (χ4n) is 3.15. The van der Waals surface area contributed by atoms with Gasteiger partial charge < -0.3 is 26.6 Å². The van der Waals surface area contributed by atoms with Crippen molar-refractivity contribution >= 4 is 28.5 Å². The first-order valence-corrected chi connectivity index (χ1v) is 9.20. The highest BCUT2D eigenvalue weighted by Gasteiger charge is 2.17. The number of hydrogen-bond donors (Lipinski definition) is 4. The highest BCUT2D eigenvalue weighted by atomic mass is 16.5. The van der Waals surface area contributed by atoms with Crippen LogP contribution in [0.2, 0.25) is 0 Å². The highest BCUT2D eigenvalue weighted by molar-refractivity contribution is 5.86. The Hall–Kier alpha value is -3.14. The largest absolute Gasteiger partial charge is 0.495 e. The summed E-state index contributed by atoms with van der Waals surface area (Å²) in [4.78, 5) is 13.0. The molecule has 1 atom stereocenters. The molecule has 150 valence electrons. The van der Waals surface area contributed by atoms with Crippen LogP contribution < -0.4 is 21.5 Å². The molecule has 0 saturated carbocycles. The minimum absolute atomic E-state index is 0.0695. The van der Waals surface area contributed by atoms with Gasteiger partial charge in [0, 0.05) is 18.7 Å². The molecule has 3 aromatic heterocycles. The molecule has 0 aliphatic heterocycles. The zero-order valence-corrected chi connectivity index (χ0v) is 16.1. The standard InChI is InChI=1S/C18H26N8O2/c1-3-4-12(5-6-27)23-17-16-13(24-18(20)25-17)9-22-26(16)10-14-15(28-2)7-11(19)8-21-14/h7-9,12,27H,3-6,10,19H2,1-2H3,(H3,20,23,24,25). The van der Waals surface area contributed by atoms with E-state index in [-0.39, 0.29) is 18.6 Å². The molecule has 0 aliphatic carbocycles. The first-order chi connectivity index (χ1) is 13.5. The van der Waals surface area contributed by atoms with Gasteiger partial charge >= 0.3 is 0 Å². The van der Waals surface area contributed by atoms with E-state index in [0.717, 1.165) is 12.8 Å². The minimum atomic E-state index is 0.0695. The van der Waals surface area contributed by atoms with E-state index in [1.165, 1.54) is 0 Å². The van der Waals surface area contributed by atoms with Crippen LogP contribution in [0.1, 0.15) is 31.9 Å². The summed E-state index contributed by atoms with van der Waals surface area (Å²) in [5.41, 5.74) is 14.2. The number of anilines is 3. The summed E-state index contributed by atoms with van der Waals surface area (Å²) in [6, 6.07) is 1.79. The third kappa shape index (κ3) is 4.22. The number of nitrogens with two attached hydrogens (primary N) is 2. The van der Waals surface area contributed by atoms with Crippen LogP contribution in [0, 0.1) is 0 Å². The Morgan fingerprint density at radius 3 is 2.79 bits per heavy atom. The van der Waals surface area contributed by atoms with Gasteiger partial charge in [0.15, 0.2) is 5.82 Å². The van der Waals surface area contributed by atoms with Crippen molar-refractivity contribution in [3.63, 3.8) is 0 Å². The number of nitrogens with zero attached hydrogens (tertiary/aromatic N) is 5. The van der Waals surface area contributed by atoms with Gasteiger partial charge in [0.25, 0.3) is 0 Å². The van der Waals surface area contributed by atoms with Crippen molar-refractivity contribution in [3.8, 4) is 5.75 Å². The number of rotatable bonds is 9. The molecule has 0 spiro atoms. The summed E-state index contributed by atoms with van der Waals surface area (Å²) in [6.45, 7) is 2.54. The van der Waals surface area contributed by atoms with Crippen LogP contribution >= 0.6 is 0 Å². The number of nitrogens with one attached hydrogen (secondary N) is 1. The number of fused-ring (bicyclic) bond motifs is 1. The number of pyridine rings is 1. The van der Waals surface area contributed by atoms with Crippen LogP contribution in [0.25, 0.3) is 11.0 Å². The summed E-state index contributed by atoms with van der Waals surface area (Å²) in [5, 5.41) is 17.2. The summed E-state index contributed by atoms with van der Waals surface area (Å²) >= 11 is 0. The molecule has 3 aromatic rings. The van der Waals surface area contributed by atoms with Crippen molar-refractivity contribution in [2.45, 2.75) is 38.8 Å². The Morgan fingerprint density at radius 1 is 1.25 bits per heavy atom. The van der Waals surface area contributed by atoms with E-state index in [9.17, 15) is 5.11 Å². The number of aliphatic hydroxyl groups is 1. The molecule has 10 heteroatoms. The Bertz CT molecular complexity index is 937. The molecule has 0 aliphatic rings. The Labute approximate surface area is 162 Å². The predicted octanol–water partition coefficient (Wildman–Crippen LogP) is 1.41. The molecular formula is C18H26N8O2. The second-order valence-electron chi connectivity index (χ2n) is 6.53. The lowest BCUT2D eigenvalue weighted by molar-refractivity contribution is 0.276. The maximum absolute atomic E-state index is 9.35. The lowest BCUT2D eigenvalue weighted by atomic mass is 10.1. The number of hydrogen-bond acceptors (Lipinski definition) is 9. The molecule has 3 heterocycles. The van der Waals surface area contributed by atoms with E-state index in [1.54, 1.807) is 30.3 Å². The Kier molecular flexibility index (Phi) is 6.09. The minimum Gasteiger partial charge on any atom is -0.495 e. The molecule has 0 fully saturated rings. The van der Waals surface area contributed by atoms with Crippen molar-refractivity contribution in [1.82, 2.24) is 24.7 Å². The molecule has 0 bridgehead atoms. The van der Waals surface area contributed by atoms with Crippen LogP contribution in [0.5, 0.6) is 5.75 Å². The number of nitrogen functional groups attached to an aromatic ring is 2. The molecule has 0 saturated heterocycles. The maximum atomic E-state index is 9.35. The first-order valence-electron chi connectivity index (χ1n) is 9.20. The van der Waals surface area contributed by atoms with Crippen molar-refractivity contribution < 1.29 is 9.84 Å². The van der Waals surface area contributed by atoms with E-state index in [0.29, 0.717) is 46.9 Å². The second kappa shape index (κ2) is 8.70. The zero-order valence-electron chi connectivity index (χ0n) is 16.1. The molecule has 10 nitrogen and oxygen atoms in total.